The molecular weight excluding hydrogens is 269 g/mol. The molecule has 0 aromatic heterocycles. The summed E-state index contributed by atoms with van der Waals surface area (Å²) in [5.41, 5.74) is 1.14. The summed E-state index contributed by atoms with van der Waals surface area (Å²) in [5.74, 6) is 0.664. The van der Waals surface area contributed by atoms with Crippen LogP contribution in [-0.2, 0) is 4.74 Å². The van der Waals surface area contributed by atoms with Crippen molar-refractivity contribution in [2.45, 2.75) is 31.9 Å². The Morgan fingerprint density at radius 3 is 2.56 bits per heavy atom. The van der Waals surface area contributed by atoms with E-state index in [9.17, 15) is 0 Å². The minimum atomic E-state index is 0.173. The quantitative estimate of drug-likeness (QED) is 0.852. The van der Waals surface area contributed by atoms with Gasteiger partial charge in [0, 0.05) is 6.61 Å². The fraction of sp³-hybridized carbons (Fsp3) is 0.571. The summed E-state index contributed by atoms with van der Waals surface area (Å²) >= 11 is 12.1. The maximum atomic E-state index is 6.09. The molecule has 1 saturated carbocycles. The lowest BCUT2D eigenvalue weighted by molar-refractivity contribution is 0.0205. The third kappa shape index (κ3) is 3.18. The average molecular weight is 288 g/mol. The minimum absolute atomic E-state index is 0.173. The summed E-state index contributed by atoms with van der Waals surface area (Å²) in [6.07, 6.45) is 2.73. The molecule has 0 radical (unpaired) electrons. The van der Waals surface area contributed by atoms with Gasteiger partial charge >= 0.3 is 0 Å². The number of benzene rings is 1. The van der Waals surface area contributed by atoms with E-state index in [0.717, 1.165) is 12.2 Å². The Balaban J connectivity index is 2.22. The predicted octanol–water partition coefficient (Wildman–Crippen LogP) is 4.07. The van der Waals surface area contributed by atoms with E-state index < -0.39 is 0 Å². The van der Waals surface area contributed by atoms with Gasteiger partial charge in [0.05, 0.1) is 22.2 Å². The molecule has 2 nitrogen and oxygen atoms in total. The van der Waals surface area contributed by atoms with Crippen LogP contribution in [0.25, 0.3) is 0 Å². The van der Waals surface area contributed by atoms with Gasteiger partial charge in [-0.2, -0.15) is 0 Å². The Labute approximate surface area is 119 Å². The van der Waals surface area contributed by atoms with Crippen molar-refractivity contribution in [3.8, 4) is 0 Å². The molecule has 2 rings (SSSR count). The molecule has 4 heteroatoms. The second-order valence-corrected chi connectivity index (χ2v) is 5.51. The molecule has 0 spiro atoms. The van der Waals surface area contributed by atoms with Gasteiger partial charge < -0.3 is 10.1 Å². The number of ether oxygens (including phenoxy) is 1. The van der Waals surface area contributed by atoms with Gasteiger partial charge in [0.1, 0.15) is 0 Å². The summed E-state index contributed by atoms with van der Waals surface area (Å²) in [6.45, 7) is 2.78. The van der Waals surface area contributed by atoms with Crippen molar-refractivity contribution in [2.75, 3.05) is 13.7 Å². The van der Waals surface area contributed by atoms with Crippen LogP contribution in [0.3, 0.4) is 0 Å². The van der Waals surface area contributed by atoms with Crippen LogP contribution in [0.1, 0.15) is 31.4 Å². The smallest absolute Gasteiger partial charge is 0.0797 e. The van der Waals surface area contributed by atoms with Gasteiger partial charge in [0.25, 0.3) is 0 Å². The normalized spacial score (nSPS) is 18.7. The number of rotatable bonds is 6. The number of likely N-dealkylation sites (N-methyl/N-ethyl adjacent to an activating group) is 1. The summed E-state index contributed by atoms with van der Waals surface area (Å²) in [4.78, 5) is 0. The van der Waals surface area contributed by atoms with Crippen molar-refractivity contribution in [1.29, 1.82) is 0 Å². The first-order valence-electron chi connectivity index (χ1n) is 6.41. The topological polar surface area (TPSA) is 21.3 Å². The van der Waals surface area contributed by atoms with Gasteiger partial charge in [-0.3, -0.25) is 0 Å². The van der Waals surface area contributed by atoms with E-state index >= 15 is 0 Å². The summed E-state index contributed by atoms with van der Waals surface area (Å²) in [6, 6.07) is 5.97. The van der Waals surface area contributed by atoms with E-state index in [-0.39, 0.29) is 12.1 Å². The zero-order chi connectivity index (χ0) is 13.1. The van der Waals surface area contributed by atoms with Crippen LogP contribution < -0.4 is 5.32 Å². The molecule has 18 heavy (non-hydrogen) atoms. The monoisotopic (exact) mass is 287 g/mol. The molecular formula is C14H19Cl2NO. The molecule has 1 aromatic rings. The molecule has 1 fully saturated rings. The molecule has 0 aliphatic heterocycles. The molecule has 0 heterocycles. The van der Waals surface area contributed by atoms with Crippen LogP contribution in [0.2, 0.25) is 10.0 Å². The van der Waals surface area contributed by atoms with Crippen molar-refractivity contribution < 1.29 is 4.74 Å². The van der Waals surface area contributed by atoms with E-state index in [2.05, 4.69) is 5.32 Å². The largest absolute Gasteiger partial charge is 0.376 e. The molecule has 100 valence electrons. The Bertz CT molecular complexity index is 407. The molecule has 0 saturated heterocycles. The second-order valence-electron chi connectivity index (χ2n) is 4.70. The standard InChI is InChI=1S/C14H19Cl2NO/c1-3-18-14(9-4-5-9)13(17-2)10-6-7-11(15)12(16)8-10/h6-9,13-14,17H,3-5H2,1-2H3. The van der Waals surface area contributed by atoms with Crippen molar-refractivity contribution >= 4 is 23.2 Å². The van der Waals surface area contributed by atoms with Gasteiger partial charge in [0.15, 0.2) is 0 Å². The maximum Gasteiger partial charge on any atom is 0.0797 e. The average Bonchev–Trinajstić information content (AvgIpc) is 3.17. The van der Waals surface area contributed by atoms with E-state index in [1.807, 2.05) is 32.2 Å². The lowest BCUT2D eigenvalue weighted by Gasteiger charge is -2.27. The fourth-order valence-corrected chi connectivity index (χ4v) is 2.65. The Kier molecular flexibility index (Phi) is 4.91. The SMILES string of the molecule is CCOC(C1CC1)C(NC)c1ccc(Cl)c(Cl)c1. The molecule has 1 aliphatic carbocycles. The highest BCUT2D eigenvalue weighted by Crippen LogP contribution is 2.40. The van der Waals surface area contributed by atoms with Crippen LogP contribution in [0.5, 0.6) is 0 Å². The van der Waals surface area contributed by atoms with Gasteiger partial charge in [-0.25, -0.2) is 0 Å². The first-order chi connectivity index (χ1) is 8.67. The molecule has 2 atom stereocenters. The van der Waals surface area contributed by atoms with E-state index in [1.165, 1.54) is 12.8 Å². The second kappa shape index (κ2) is 6.25. The van der Waals surface area contributed by atoms with Crippen LogP contribution >= 0.6 is 23.2 Å². The van der Waals surface area contributed by atoms with E-state index in [0.29, 0.717) is 16.0 Å². The lowest BCUT2D eigenvalue weighted by atomic mass is 9.98. The zero-order valence-electron chi connectivity index (χ0n) is 10.7. The third-order valence-corrected chi connectivity index (χ3v) is 4.13. The maximum absolute atomic E-state index is 6.09. The summed E-state index contributed by atoms with van der Waals surface area (Å²) < 4.78 is 5.90. The first-order valence-corrected chi connectivity index (χ1v) is 7.16. The molecule has 0 amide bonds. The highest BCUT2D eigenvalue weighted by Gasteiger charge is 2.37. The molecule has 1 aromatic carbocycles. The minimum Gasteiger partial charge on any atom is -0.376 e. The van der Waals surface area contributed by atoms with Crippen molar-refractivity contribution in [1.82, 2.24) is 5.32 Å². The van der Waals surface area contributed by atoms with Crippen LogP contribution in [-0.4, -0.2) is 19.8 Å². The zero-order valence-corrected chi connectivity index (χ0v) is 12.3. The molecule has 1 aliphatic rings. The van der Waals surface area contributed by atoms with E-state index in [4.69, 9.17) is 27.9 Å². The van der Waals surface area contributed by atoms with Gasteiger partial charge in [-0.05, 0) is 50.4 Å². The fourth-order valence-electron chi connectivity index (χ4n) is 2.35. The predicted molar refractivity (Wildman–Crippen MR) is 76.4 cm³/mol. The molecule has 0 bridgehead atoms. The number of halogens is 2. The highest BCUT2D eigenvalue weighted by atomic mass is 35.5. The molecule has 2 unspecified atom stereocenters. The van der Waals surface area contributed by atoms with Crippen LogP contribution in [0.4, 0.5) is 0 Å². The summed E-state index contributed by atoms with van der Waals surface area (Å²) in [7, 11) is 1.96. The third-order valence-electron chi connectivity index (χ3n) is 3.39. The number of hydrogen-bond donors (Lipinski definition) is 1. The number of nitrogens with one attached hydrogen (secondary N) is 1. The Morgan fingerprint density at radius 1 is 1.33 bits per heavy atom. The first kappa shape index (κ1) is 14.1. The van der Waals surface area contributed by atoms with E-state index in [1.54, 1.807) is 0 Å². The molecule has 1 N–H and O–H groups in total. The van der Waals surface area contributed by atoms with Gasteiger partial charge in [-0.15, -0.1) is 0 Å². The van der Waals surface area contributed by atoms with Crippen LogP contribution in [0.15, 0.2) is 18.2 Å². The van der Waals surface area contributed by atoms with Crippen molar-refractivity contribution in [2.24, 2.45) is 5.92 Å². The lowest BCUT2D eigenvalue weighted by Crippen LogP contribution is -2.33. The Hall–Kier alpha value is -0.280. The highest BCUT2D eigenvalue weighted by molar-refractivity contribution is 6.42. The Morgan fingerprint density at radius 2 is 2.06 bits per heavy atom. The van der Waals surface area contributed by atoms with Crippen molar-refractivity contribution in [3.63, 3.8) is 0 Å². The van der Waals surface area contributed by atoms with Crippen molar-refractivity contribution in [3.05, 3.63) is 33.8 Å². The summed E-state index contributed by atoms with van der Waals surface area (Å²) in [5, 5.41) is 4.53. The van der Waals surface area contributed by atoms with Gasteiger partial charge in [0.2, 0.25) is 0 Å². The van der Waals surface area contributed by atoms with Crippen LogP contribution in [0, 0.1) is 5.92 Å². The van der Waals surface area contributed by atoms with Gasteiger partial charge in [-0.1, -0.05) is 29.3 Å². The number of hydrogen-bond acceptors (Lipinski definition) is 2.